The summed E-state index contributed by atoms with van der Waals surface area (Å²) in [6, 6.07) is 9.72. The monoisotopic (exact) mass is 308 g/mol. The Labute approximate surface area is 121 Å². The van der Waals surface area contributed by atoms with Crippen molar-refractivity contribution >= 4 is 21.6 Å². The third-order valence-electron chi connectivity index (χ3n) is 2.74. The van der Waals surface area contributed by atoms with Gasteiger partial charge >= 0.3 is 0 Å². The Kier molecular flexibility index (Phi) is 4.06. The molecule has 0 aliphatic rings. The highest BCUT2D eigenvalue weighted by Crippen LogP contribution is 2.18. The number of nitrogens with two attached hydrogens (primary N) is 1. The normalized spacial score (nSPS) is 11.2. The van der Waals surface area contributed by atoms with Gasteiger partial charge in [-0.25, -0.2) is 17.9 Å². The Morgan fingerprint density at radius 2 is 1.90 bits per heavy atom. The highest BCUT2D eigenvalue weighted by atomic mass is 32.2. The lowest BCUT2D eigenvalue weighted by molar-refractivity contribution is 0.102. The third-order valence-corrected chi connectivity index (χ3v) is 3.63. The molecular formula is C14H13FN2O3S. The van der Waals surface area contributed by atoms with Gasteiger partial charge in [0.15, 0.2) is 0 Å². The minimum Gasteiger partial charge on any atom is -0.322 e. The van der Waals surface area contributed by atoms with E-state index >= 15 is 0 Å². The second kappa shape index (κ2) is 5.63. The van der Waals surface area contributed by atoms with Crippen LogP contribution in [0.3, 0.4) is 0 Å². The quantitative estimate of drug-likeness (QED) is 0.909. The van der Waals surface area contributed by atoms with Crippen molar-refractivity contribution < 1.29 is 17.6 Å². The maximum atomic E-state index is 13.4. The zero-order valence-electron chi connectivity index (χ0n) is 11.1. The zero-order chi connectivity index (χ0) is 15.6. The van der Waals surface area contributed by atoms with E-state index in [0.717, 1.165) is 23.8 Å². The highest BCUT2D eigenvalue weighted by molar-refractivity contribution is 7.89. The number of hydrogen-bond acceptors (Lipinski definition) is 3. The molecule has 21 heavy (non-hydrogen) atoms. The highest BCUT2D eigenvalue weighted by Gasteiger charge is 2.13. The summed E-state index contributed by atoms with van der Waals surface area (Å²) in [6.45, 7) is 1.83. The Balaban J connectivity index is 2.32. The van der Waals surface area contributed by atoms with E-state index in [4.69, 9.17) is 5.14 Å². The molecule has 0 saturated heterocycles. The summed E-state index contributed by atoms with van der Waals surface area (Å²) < 4.78 is 35.9. The van der Waals surface area contributed by atoms with Crippen LogP contribution in [0.15, 0.2) is 47.4 Å². The lowest BCUT2D eigenvalue weighted by Crippen LogP contribution is -2.15. The molecule has 7 heteroatoms. The first-order valence-electron chi connectivity index (χ1n) is 5.97. The first-order valence-corrected chi connectivity index (χ1v) is 7.52. The van der Waals surface area contributed by atoms with Crippen molar-refractivity contribution in [1.82, 2.24) is 0 Å². The van der Waals surface area contributed by atoms with Gasteiger partial charge in [-0.3, -0.25) is 4.79 Å². The fourth-order valence-electron chi connectivity index (χ4n) is 1.79. The summed E-state index contributed by atoms with van der Waals surface area (Å²) in [7, 11) is -4.05. The maximum Gasteiger partial charge on any atom is 0.255 e. The van der Waals surface area contributed by atoms with E-state index in [0.29, 0.717) is 5.56 Å². The average Bonchev–Trinajstić information content (AvgIpc) is 2.37. The number of halogens is 1. The first-order chi connectivity index (χ1) is 9.75. The van der Waals surface area contributed by atoms with Gasteiger partial charge in [0.1, 0.15) is 5.82 Å². The van der Waals surface area contributed by atoms with Crippen molar-refractivity contribution in [3.05, 3.63) is 59.4 Å². The number of hydrogen-bond donors (Lipinski definition) is 2. The smallest absolute Gasteiger partial charge is 0.255 e. The Morgan fingerprint density at radius 3 is 2.52 bits per heavy atom. The van der Waals surface area contributed by atoms with E-state index < -0.39 is 26.6 Å². The number of anilines is 1. The molecule has 0 saturated carbocycles. The summed E-state index contributed by atoms with van der Waals surface area (Å²) in [6.07, 6.45) is 0. The van der Waals surface area contributed by atoms with Crippen LogP contribution in [0.5, 0.6) is 0 Å². The van der Waals surface area contributed by atoms with E-state index in [2.05, 4.69) is 5.32 Å². The van der Waals surface area contributed by atoms with Crippen molar-refractivity contribution in [2.75, 3.05) is 5.32 Å². The molecule has 2 aromatic carbocycles. The van der Waals surface area contributed by atoms with Gasteiger partial charge in [0.25, 0.3) is 5.91 Å². The molecular weight excluding hydrogens is 295 g/mol. The van der Waals surface area contributed by atoms with Crippen molar-refractivity contribution in [3.8, 4) is 0 Å². The molecule has 2 rings (SSSR count). The third kappa shape index (κ3) is 3.87. The van der Waals surface area contributed by atoms with Gasteiger partial charge in [0.05, 0.1) is 4.90 Å². The molecule has 0 heterocycles. The molecule has 3 N–H and O–H groups in total. The second-order valence-corrected chi connectivity index (χ2v) is 6.11. The summed E-state index contributed by atoms with van der Waals surface area (Å²) in [4.78, 5) is 11.6. The van der Waals surface area contributed by atoms with Gasteiger partial charge in [-0.2, -0.15) is 0 Å². The number of amides is 1. The van der Waals surface area contributed by atoms with E-state index in [-0.39, 0.29) is 5.69 Å². The molecule has 0 aliphatic heterocycles. The molecule has 0 bridgehead atoms. The van der Waals surface area contributed by atoms with E-state index in [1.165, 1.54) is 0 Å². The number of primary sulfonamides is 1. The average molecular weight is 308 g/mol. The summed E-state index contributed by atoms with van der Waals surface area (Å²) in [5, 5.41) is 7.39. The summed E-state index contributed by atoms with van der Waals surface area (Å²) >= 11 is 0. The molecule has 0 aliphatic carbocycles. The second-order valence-electron chi connectivity index (χ2n) is 4.54. The first kappa shape index (κ1) is 15.1. The van der Waals surface area contributed by atoms with Crippen molar-refractivity contribution in [2.45, 2.75) is 11.8 Å². The Morgan fingerprint density at radius 1 is 1.19 bits per heavy atom. The predicted molar refractivity (Wildman–Crippen MR) is 76.9 cm³/mol. The van der Waals surface area contributed by atoms with Gasteiger partial charge in [0.2, 0.25) is 10.0 Å². The number of rotatable bonds is 3. The van der Waals surface area contributed by atoms with Gasteiger partial charge < -0.3 is 5.32 Å². The van der Waals surface area contributed by atoms with E-state index in [1.807, 2.05) is 13.0 Å². The van der Waals surface area contributed by atoms with Crippen LogP contribution in [0, 0.1) is 12.7 Å². The van der Waals surface area contributed by atoms with Crippen LogP contribution < -0.4 is 10.5 Å². The maximum absolute atomic E-state index is 13.4. The Bertz CT molecular complexity index is 804. The van der Waals surface area contributed by atoms with Crippen LogP contribution in [0.25, 0.3) is 0 Å². The van der Waals surface area contributed by atoms with Crippen LogP contribution >= 0.6 is 0 Å². The molecule has 0 aromatic heterocycles. The summed E-state index contributed by atoms with van der Waals surface area (Å²) in [5.74, 6) is -1.27. The fraction of sp³-hybridized carbons (Fsp3) is 0.0714. The molecule has 0 atom stereocenters. The molecule has 110 valence electrons. The van der Waals surface area contributed by atoms with Crippen molar-refractivity contribution in [3.63, 3.8) is 0 Å². The number of aryl methyl sites for hydroxylation is 1. The lowest BCUT2D eigenvalue weighted by atomic mass is 10.1. The van der Waals surface area contributed by atoms with Gasteiger partial charge in [-0.1, -0.05) is 17.7 Å². The van der Waals surface area contributed by atoms with Crippen LogP contribution in [0.4, 0.5) is 10.1 Å². The molecule has 0 spiro atoms. The number of carbonyl (C=O) groups is 1. The lowest BCUT2D eigenvalue weighted by Gasteiger charge is -2.08. The van der Waals surface area contributed by atoms with Gasteiger partial charge in [-0.15, -0.1) is 0 Å². The Hall–Kier alpha value is -2.25. The number of sulfonamides is 1. The molecule has 2 aromatic rings. The standard InChI is InChI=1S/C14H13FN2O3S/c1-9-3-2-4-10(5-9)14(18)17-12-6-11(15)7-13(8-12)21(16,19)20/h2-8H,1H3,(H,17,18)(H2,16,19,20). The van der Waals surface area contributed by atoms with Crippen LogP contribution in [0.1, 0.15) is 15.9 Å². The minimum atomic E-state index is -4.05. The van der Waals surface area contributed by atoms with Crippen LogP contribution in [-0.2, 0) is 10.0 Å². The predicted octanol–water partition coefficient (Wildman–Crippen LogP) is 2.03. The fourth-order valence-corrected chi connectivity index (χ4v) is 2.36. The molecule has 0 fully saturated rings. The molecule has 5 nitrogen and oxygen atoms in total. The number of benzene rings is 2. The van der Waals surface area contributed by atoms with E-state index in [1.54, 1.807) is 18.2 Å². The van der Waals surface area contributed by atoms with Crippen LogP contribution in [-0.4, -0.2) is 14.3 Å². The van der Waals surface area contributed by atoms with Crippen molar-refractivity contribution in [2.24, 2.45) is 5.14 Å². The largest absolute Gasteiger partial charge is 0.322 e. The van der Waals surface area contributed by atoms with Crippen molar-refractivity contribution in [1.29, 1.82) is 0 Å². The minimum absolute atomic E-state index is 0.0190. The SMILES string of the molecule is Cc1cccc(C(=O)Nc2cc(F)cc(S(N)(=O)=O)c2)c1. The van der Waals surface area contributed by atoms with E-state index in [9.17, 15) is 17.6 Å². The number of carbonyl (C=O) groups excluding carboxylic acids is 1. The topological polar surface area (TPSA) is 89.3 Å². The molecule has 1 amide bonds. The number of nitrogens with one attached hydrogen (secondary N) is 1. The van der Waals surface area contributed by atoms with Gasteiger partial charge in [-0.05, 0) is 37.3 Å². The molecule has 0 radical (unpaired) electrons. The van der Waals surface area contributed by atoms with Crippen LogP contribution in [0.2, 0.25) is 0 Å². The molecule has 0 unspecified atom stereocenters. The summed E-state index contributed by atoms with van der Waals surface area (Å²) in [5.41, 5.74) is 1.30. The zero-order valence-corrected chi connectivity index (χ0v) is 11.9. The van der Waals surface area contributed by atoms with Gasteiger partial charge in [0, 0.05) is 11.3 Å².